The van der Waals surface area contributed by atoms with Gasteiger partial charge in [-0.2, -0.15) is 0 Å². The van der Waals surface area contributed by atoms with Gasteiger partial charge in [-0.15, -0.1) is 10.2 Å². The van der Waals surface area contributed by atoms with Gasteiger partial charge in [-0.3, -0.25) is 9.69 Å². The molecule has 0 radical (unpaired) electrons. The molecule has 0 bridgehead atoms. The molecule has 3 heterocycles. The fraction of sp³-hybridized carbons (Fsp3) is 0.355. The lowest BCUT2D eigenvalue weighted by atomic mass is 9.80. The lowest BCUT2D eigenvalue weighted by Crippen LogP contribution is -2.45. The first-order valence-corrected chi connectivity index (χ1v) is 13.9. The third-order valence-corrected chi connectivity index (χ3v) is 8.39. The molecule has 40 heavy (non-hydrogen) atoms. The second-order valence-corrected chi connectivity index (χ2v) is 11.4. The molecule has 1 amide bonds. The first kappa shape index (κ1) is 25.0. The van der Waals surface area contributed by atoms with Gasteiger partial charge in [0.25, 0.3) is 5.91 Å². The van der Waals surface area contributed by atoms with Crippen LogP contribution in [0.15, 0.2) is 54.9 Å². The second kappa shape index (κ2) is 9.60. The average Bonchev–Trinajstić information content (AvgIpc) is 3.62. The molecular formula is C31H31FN6O2. The summed E-state index contributed by atoms with van der Waals surface area (Å²) in [6, 6.07) is 14.7. The van der Waals surface area contributed by atoms with E-state index in [1.54, 1.807) is 21.9 Å². The van der Waals surface area contributed by atoms with Crippen LogP contribution in [0.2, 0.25) is 0 Å². The van der Waals surface area contributed by atoms with E-state index in [4.69, 9.17) is 4.98 Å². The number of amides is 1. The molecule has 0 unspecified atom stereocenters. The fourth-order valence-electron chi connectivity index (χ4n) is 5.74. The molecule has 2 fully saturated rings. The maximum absolute atomic E-state index is 14.4. The van der Waals surface area contributed by atoms with Crippen molar-refractivity contribution in [3.05, 3.63) is 83.1 Å². The van der Waals surface area contributed by atoms with Gasteiger partial charge in [0.1, 0.15) is 18.0 Å². The summed E-state index contributed by atoms with van der Waals surface area (Å²) >= 11 is 0. The molecule has 204 valence electrons. The minimum Gasteiger partial charge on any atom is -0.389 e. The minimum atomic E-state index is -0.587. The van der Waals surface area contributed by atoms with E-state index in [-0.39, 0.29) is 11.7 Å². The van der Waals surface area contributed by atoms with Gasteiger partial charge in [-0.25, -0.2) is 9.37 Å². The molecule has 2 N–H and O–H groups in total. The summed E-state index contributed by atoms with van der Waals surface area (Å²) in [5, 5.41) is 21.9. The van der Waals surface area contributed by atoms with Crippen molar-refractivity contribution in [2.24, 2.45) is 7.05 Å². The Hall–Kier alpha value is -3.95. The molecule has 9 heteroatoms. The van der Waals surface area contributed by atoms with E-state index in [1.807, 2.05) is 31.3 Å². The highest BCUT2D eigenvalue weighted by atomic mass is 19.1. The van der Waals surface area contributed by atoms with Crippen molar-refractivity contribution in [2.45, 2.75) is 56.7 Å². The Bertz CT molecular complexity index is 1620. The van der Waals surface area contributed by atoms with Crippen LogP contribution < -0.4 is 10.2 Å². The topological polar surface area (TPSA) is 96.2 Å². The predicted molar refractivity (Wildman–Crippen MR) is 149 cm³/mol. The second-order valence-electron chi connectivity index (χ2n) is 11.4. The van der Waals surface area contributed by atoms with E-state index in [0.717, 1.165) is 60.1 Å². The molecule has 2 aromatic heterocycles. The van der Waals surface area contributed by atoms with E-state index >= 15 is 0 Å². The van der Waals surface area contributed by atoms with Gasteiger partial charge < -0.3 is 15.0 Å². The fourth-order valence-corrected chi connectivity index (χ4v) is 5.74. The number of pyridine rings is 1. The number of halogens is 1. The number of anilines is 1. The lowest BCUT2D eigenvalue weighted by Gasteiger charge is -2.36. The van der Waals surface area contributed by atoms with Crippen LogP contribution in [-0.4, -0.2) is 42.9 Å². The van der Waals surface area contributed by atoms with E-state index in [1.165, 1.54) is 12.1 Å². The summed E-state index contributed by atoms with van der Waals surface area (Å²) in [7, 11) is 1.83. The Morgan fingerprint density at radius 1 is 1.07 bits per heavy atom. The van der Waals surface area contributed by atoms with Crippen LogP contribution in [0.1, 0.15) is 65.2 Å². The van der Waals surface area contributed by atoms with Crippen LogP contribution in [0, 0.1) is 5.82 Å². The number of carbonyl (C=O) groups is 1. The molecule has 2 aromatic carbocycles. The van der Waals surface area contributed by atoms with Gasteiger partial charge in [0.15, 0.2) is 5.82 Å². The van der Waals surface area contributed by atoms with Crippen molar-refractivity contribution in [1.82, 2.24) is 25.1 Å². The summed E-state index contributed by atoms with van der Waals surface area (Å²) in [5.74, 6) is 1.10. The molecule has 0 saturated heterocycles. The number of aryl methyl sites for hydroxylation is 1. The molecule has 2 saturated carbocycles. The maximum atomic E-state index is 14.4. The third-order valence-electron chi connectivity index (χ3n) is 8.39. The van der Waals surface area contributed by atoms with Gasteiger partial charge in [-0.1, -0.05) is 18.2 Å². The molecule has 7 rings (SSSR count). The number of hydrogen-bond acceptors (Lipinski definition) is 6. The minimum absolute atomic E-state index is 0.0755. The van der Waals surface area contributed by atoms with Gasteiger partial charge in [0.2, 0.25) is 0 Å². The quantitative estimate of drug-likeness (QED) is 0.337. The highest BCUT2D eigenvalue weighted by Gasteiger charge is 2.34. The number of nitrogens with zero attached hydrogens (tertiary/aromatic N) is 5. The van der Waals surface area contributed by atoms with Crippen LogP contribution in [0.3, 0.4) is 0 Å². The first-order chi connectivity index (χ1) is 19.4. The first-order valence-electron chi connectivity index (χ1n) is 13.9. The van der Waals surface area contributed by atoms with Crippen molar-refractivity contribution >= 4 is 11.7 Å². The van der Waals surface area contributed by atoms with Crippen LogP contribution in [0.5, 0.6) is 0 Å². The number of aliphatic hydroxyl groups is 1. The number of aromatic nitrogens is 4. The van der Waals surface area contributed by atoms with E-state index in [9.17, 15) is 14.3 Å². The number of fused-ring (bicyclic) bond motifs is 1. The zero-order valence-corrected chi connectivity index (χ0v) is 22.4. The number of carbonyl (C=O) groups excluding carboxylic acids is 1. The zero-order valence-electron chi connectivity index (χ0n) is 22.4. The van der Waals surface area contributed by atoms with Crippen molar-refractivity contribution in [3.8, 4) is 22.5 Å². The van der Waals surface area contributed by atoms with Crippen LogP contribution in [0.25, 0.3) is 22.5 Å². The number of hydrogen-bond donors (Lipinski definition) is 2. The summed E-state index contributed by atoms with van der Waals surface area (Å²) in [5.41, 5.74) is 5.34. The van der Waals surface area contributed by atoms with E-state index in [2.05, 4.69) is 21.6 Å². The lowest BCUT2D eigenvalue weighted by molar-refractivity contribution is -0.0314. The van der Waals surface area contributed by atoms with Gasteiger partial charge in [0, 0.05) is 42.9 Å². The highest BCUT2D eigenvalue weighted by Crippen LogP contribution is 2.43. The maximum Gasteiger partial charge on any atom is 0.260 e. The van der Waals surface area contributed by atoms with E-state index < -0.39 is 5.60 Å². The number of nitrogens with one attached hydrogen (secondary N) is 1. The number of rotatable bonds is 8. The Morgan fingerprint density at radius 3 is 2.65 bits per heavy atom. The average molecular weight is 539 g/mol. The molecule has 8 nitrogen and oxygen atoms in total. The normalized spacial score (nSPS) is 17.7. The molecule has 1 aliphatic heterocycles. The van der Waals surface area contributed by atoms with Crippen LogP contribution in [-0.2, 0) is 20.1 Å². The van der Waals surface area contributed by atoms with Crippen LogP contribution >= 0.6 is 0 Å². The summed E-state index contributed by atoms with van der Waals surface area (Å²) in [6.45, 7) is 1.60. The van der Waals surface area contributed by atoms with Crippen molar-refractivity contribution in [1.29, 1.82) is 0 Å². The van der Waals surface area contributed by atoms with Gasteiger partial charge in [-0.05, 0) is 84.7 Å². The molecule has 0 atom stereocenters. The monoisotopic (exact) mass is 538 g/mol. The van der Waals surface area contributed by atoms with Crippen molar-refractivity contribution in [2.75, 3.05) is 11.4 Å². The largest absolute Gasteiger partial charge is 0.389 e. The molecular weight excluding hydrogens is 507 g/mol. The molecule has 0 spiro atoms. The smallest absolute Gasteiger partial charge is 0.260 e. The highest BCUT2D eigenvalue weighted by molar-refractivity contribution is 6.10. The Kier molecular flexibility index (Phi) is 6.01. The van der Waals surface area contributed by atoms with Crippen molar-refractivity contribution < 1.29 is 14.3 Å². The summed E-state index contributed by atoms with van der Waals surface area (Å²) < 4.78 is 16.1. The SMILES string of the molecule is Cn1cnnc1-c1cc(F)ccc1-c1cc(C2CC2)nc(N2Cc3ccc(CNCC4(O)CCC4)cc3C2=O)c1. The van der Waals surface area contributed by atoms with Gasteiger partial charge in [0.05, 0.1) is 12.1 Å². The Morgan fingerprint density at radius 2 is 1.93 bits per heavy atom. The predicted octanol–water partition coefficient (Wildman–Crippen LogP) is 4.73. The molecule has 3 aliphatic rings. The summed E-state index contributed by atoms with van der Waals surface area (Å²) in [4.78, 5) is 20.4. The molecule has 4 aromatic rings. The standard InChI is InChI=1S/C31H31FN6O2/c1-37-18-34-36-29(37)26-14-23(32)7-8-24(26)22-12-27(20-5-6-20)35-28(13-22)38-16-21-4-3-19(11-25(21)30(38)39)15-33-17-31(40)9-2-10-31/h3-4,7-8,11-14,18,20,33,40H,2,5-6,9-10,15-17H2,1H3. The zero-order chi connectivity index (χ0) is 27.4. The van der Waals surface area contributed by atoms with Gasteiger partial charge >= 0.3 is 0 Å². The van der Waals surface area contributed by atoms with Crippen molar-refractivity contribution in [3.63, 3.8) is 0 Å². The Balaban J connectivity index is 1.20. The number of benzene rings is 2. The summed E-state index contributed by atoms with van der Waals surface area (Å²) in [6.07, 6.45) is 6.47. The molecule has 2 aliphatic carbocycles. The van der Waals surface area contributed by atoms with Crippen LogP contribution in [0.4, 0.5) is 10.2 Å². The third kappa shape index (κ3) is 4.59. The van der Waals surface area contributed by atoms with E-state index in [0.29, 0.717) is 48.3 Å². The Labute approximate surface area is 231 Å².